The Labute approximate surface area is 182 Å². The van der Waals surface area contributed by atoms with E-state index >= 15 is 0 Å². The van der Waals surface area contributed by atoms with Crippen LogP contribution in [0.15, 0.2) is 35.3 Å². The van der Waals surface area contributed by atoms with E-state index in [4.69, 9.17) is 4.74 Å². The van der Waals surface area contributed by atoms with E-state index in [0.717, 1.165) is 29.1 Å². The van der Waals surface area contributed by atoms with Crippen molar-refractivity contribution in [3.8, 4) is 16.6 Å². The lowest BCUT2D eigenvalue weighted by Crippen LogP contribution is -2.33. The van der Waals surface area contributed by atoms with E-state index in [2.05, 4.69) is 25.0 Å². The first-order chi connectivity index (χ1) is 15.1. The number of thiazole rings is 1. The molecule has 1 aromatic carbocycles. The molecule has 0 fully saturated rings. The predicted octanol–water partition coefficient (Wildman–Crippen LogP) is 3.36. The Morgan fingerprint density at radius 2 is 2.06 bits per heavy atom. The highest BCUT2D eigenvalue weighted by molar-refractivity contribution is 7.14. The number of halogens is 4. The number of aryl methyl sites for hydroxylation is 1. The predicted molar refractivity (Wildman–Crippen MR) is 106 cm³/mol. The second kappa shape index (κ2) is 9.44. The van der Waals surface area contributed by atoms with Gasteiger partial charge in [-0.25, -0.2) is 14.4 Å². The maximum Gasteiger partial charge on any atom is 0.573 e. The second-order valence-corrected chi connectivity index (χ2v) is 7.71. The van der Waals surface area contributed by atoms with Gasteiger partial charge in [0.25, 0.3) is 11.5 Å². The number of carbonyl (C=O) groups is 1. The number of benzene rings is 1. The van der Waals surface area contributed by atoms with Gasteiger partial charge in [0.05, 0.1) is 12.6 Å². The lowest BCUT2D eigenvalue weighted by molar-refractivity contribution is -0.275. The number of aromatic nitrogens is 3. The maximum atomic E-state index is 14.1. The number of rotatable bonds is 7. The molecule has 2 heterocycles. The van der Waals surface area contributed by atoms with Crippen LogP contribution in [-0.4, -0.2) is 40.9 Å². The molecule has 13 heteroatoms. The van der Waals surface area contributed by atoms with Crippen molar-refractivity contribution in [2.75, 3.05) is 13.7 Å². The number of methoxy groups -OCH3 is 1. The largest absolute Gasteiger partial charge is 0.573 e. The maximum absolute atomic E-state index is 14.1. The summed E-state index contributed by atoms with van der Waals surface area (Å²) in [6.45, 7) is 1.68. The van der Waals surface area contributed by atoms with Gasteiger partial charge in [-0.05, 0) is 24.6 Å². The quantitative estimate of drug-likeness (QED) is 0.511. The fourth-order valence-electron chi connectivity index (χ4n) is 2.70. The monoisotopic (exact) mass is 472 g/mol. The number of ether oxygens (including phenoxy) is 2. The van der Waals surface area contributed by atoms with Gasteiger partial charge in [-0.15, -0.1) is 24.5 Å². The van der Waals surface area contributed by atoms with E-state index in [1.54, 1.807) is 6.20 Å². The van der Waals surface area contributed by atoms with Crippen LogP contribution in [-0.2, 0) is 4.74 Å². The molecule has 0 saturated carbocycles. The lowest BCUT2D eigenvalue weighted by Gasteiger charge is -2.19. The van der Waals surface area contributed by atoms with Crippen molar-refractivity contribution in [3.63, 3.8) is 0 Å². The number of amides is 1. The number of nitrogens with one attached hydrogen (secondary N) is 2. The molecule has 0 radical (unpaired) electrons. The molecule has 1 atom stereocenters. The van der Waals surface area contributed by atoms with Crippen LogP contribution in [0.2, 0.25) is 0 Å². The second-order valence-electron chi connectivity index (χ2n) is 6.47. The van der Waals surface area contributed by atoms with Gasteiger partial charge >= 0.3 is 6.36 Å². The first-order valence-corrected chi connectivity index (χ1v) is 9.76. The summed E-state index contributed by atoms with van der Waals surface area (Å²) in [5.74, 6) is -2.96. The summed E-state index contributed by atoms with van der Waals surface area (Å²) in [6, 6.07) is 2.77. The van der Waals surface area contributed by atoms with Crippen LogP contribution in [0.1, 0.15) is 27.0 Å². The molecule has 0 bridgehead atoms. The summed E-state index contributed by atoms with van der Waals surface area (Å²) in [6.07, 6.45) is -3.47. The van der Waals surface area contributed by atoms with Gasteiger partial charge in [0.1, 0.15) is 5.69 Å². The van der Waals surface area contributed by atoms with E-state index in [0.29, 0.717) is 5.01 Å². The lowest BCUT2D eigenvalue weighted by atomic mass is 10.1. The number of aromatic amines is 1. The van der Waals surface area contributed by atoms with Gasteiger partial charge in [0.2, 0.25) is 0 Å². The molecule has 0 aliphatic rings. The van der Waals surface area contributed by atoms with Crippen molar-refractivity contribution in [1.29, 1.82) is 0 Å². The topological polar surface area (TPSA) is 106 Å². The SMILES string of the molecule is COCC(NC(=O)c1cc(=O)[nH]c(-c2ncc(C)s2)n1)c1ccc(OC(F)(F)F)c(F)c1. The summed E-state index contributed by atoms with van der Waals surface area (Å²) in [5, 5.41) is 2.94. The van der Waals surface area contributed by atoms with E-state index in [1.807, 2.05) is 6.92 Å². The fourth-order valence-corrected chi connectivity index (χ4v) is 3.41. The van der Waals surface area contributed by atoms with Gasteiger partial charge in [-0.3, -0.25) is 9.59 Å². The van der Waals surface area contributed by atoms with E-state index < -0.39 is 35.4 Å². The minimum Gasteiger partial charge on any atom is -0.403 e. The van der Waals surface area contributed by atoms with E-state index in [9.17, 15) is 27.2 Å². The average molecular weight is 472 g/mol. The minimum absolute atomic E-state index is 0.101. The van der Waals surface area contributed by atoms with Crippen molar-refractivity contribution in [3.05, 3.63) is 62.8 Å². The van der Waals surface area contributed by atoms with Crippen LogP contribution in [0.25, 0.3) is 10.8 Å². The first-order valence-electron chi connectivity index (χ1n) is 8.95. The average Bonchev–Trinajstić information content (AvgIpc) is 3.14. The number of hydrogen-bond donors (Lipinski definition) is 2. The molecule has 1 amide bonds. The van der Waals surface area contributed by atoms with Gasteiger partial charge in [-0.1, -0.05) is 6.07 Å². The van der Waals surface area contributed by atoms with E-state index in [1.165, 1.54) is 18.4 Å². The molecule has 1 unspecified atom stereocenters. The molecular formula is C19H16F4N4O4S. The molecule has 2 aromatic heterocycles. The summed E-state index contributed by atoms with van der Waals surface area (Å²) >= 11 is 1.27. The standard InChI is InChI=1S/C19H16F4N4O4S/c1-9-7-24-18(32-9)16-25-12(6-15(28)27-16)17(29)26-13(8-30-2)10-3-4-14(11(20)5-10)31-19(21,22)23/h3-7,13H,8H2,1-2H3,(H,26,29)(H,25,27,28). The number of alkyl halides is 3. The number of H-pyrrole nitrogens is 1. The number of carbonyl (C=O) groups excluding carboxylic acids is 1. The Morgan fingerprint density at radius 3 is 2.66 bits per heavy atom. The van der Waals surface area contributed by atoms with Crippen LogP contribution in [0.3, 0.4) is 0 Å². The molecule has 0 aliphatic carbocycles. The van der Waals surface area contributed by atoms with Crippen LogP contribution < -0.4 is 15.6 Å². The van der Waals surface area contributed by atoms with Crippen molar-refractivity contribution < 1.29 is 31.8 Å². The molecule has 0 aliphatic heterocycles. The Balaban J connectivity index is 1.85. The van der Waals surface area contributed by atoms with Crippen LogP contribution >= 0.6 is 11.3 Å². The minimum atomic E-state index is -5.05. The first kappa shape index (κ1) is 23.3. The van der Waals surface area contributed by atoms with Gasteiger partial charge in [0.15, 0.2) is 22.4 Å². The number of nitrogens with zero attached hydrogens (tertiary/aromatic N) is 2. The van der Waals surface area contributed by atoms with Gasteiger partial charge < -0.3 is 19.8 Å². The third-order valence-electron chi connectivity index (χ3n) is 4.02. The van der Waals surface area contributed by atoms with Crippen molar-refractivity contribution >= 4 is 17.2 Å². The smallest absolute Gasteiger partial charge is 0.403 e. The Morgan fingerprint density at radius 1 is 1.31 bits per heavy atom. The Kier molecular flexibility index (Phi) is 6.89. The molecular weight excluding hydrogens is 456 g/mol. The van der Waals surface area contributed by atoms with Crippen molar-refractivity contribution in [2.24, 2.45) is 0 Å². The third-order valence-corrected chi connectivity index (χ3v) is 4.94. The molecule has 2 N–H and O–H groups in total. The zero-order valence-corrected chi connectivity index (χ0v) is 17.4. The number of hydrogen-bond acceptors (Lipinski definition) is 7. The molecule has 0 saturated heterocycles. The molecule has 8 nitrogen and oxygen atoms in total. The Hall–Kier alpha value is -3.32. The zero-order chi connectivity index (χ0) is 23.5. The molecule has 3 rings (SSSR count). The summed E-state index contributed by atoms with van der Waals surface area (Å²) in [5.41, 5.74) is -0.695. The van der Waals surface area contributed by atoms with Gasteiger partial charge in [0, 0.05) is 24.3 Å². The normalized spacial score (nSPS) is 12.4. The van der Waals surface area contributed by atoms with E-state index in [-0.39, 0.29) is 23.7 Å². The zero-order valence-electron chi connectivity index (χ0n) is 16.6. The van der Waals surface area contributed by atoms with Gasteiger partial charge in [-0.2, -0.15) is 0 Å². The summed E-state index contributed by atoms with van der Waals surface area (Å²) in [4.78, 5) is 36.3. The fraction of sp³-hybridized carbons (Fsp3) is 0.263. The summed E-state index contributed by atoms with van der Waals surface area (Å²) in [7, 11) is 1.32. The molecule has 0 spiro atoms. The molecule has 32 heavy (non-hydrogen) atoms. The Bertz CT molecular complexity index is 1180. The van der Waals surface area contributed by atoms with Crippen LogP contribution in [0, 0.1) is 12.7 Å². The summed E-state index contributed by atoms with van der Waals surface area (Å²) < 4.78 is 59.8. The molecule has 3 aromatic rings. The third kappa shape index (κ3) is 5.88. The van der Waals surface area contributed by atoms with Crippen molar-refractivity contribution in [1.82, 2.24) is 20.3 Å². The molecule has 170 valence electrons. The highest BCUT2D eigenvalue weighted by Crippen LogP contribution is 2.28. The van der Waals surface area contributed by atoms with Crippen LogP contribution in [0.5, 0.6) is 5.75 Å². The highest BCUT2D eigenvalue weighted by Gasteiger charge is 2.32. The highest BCUT2D eigenvalue weighted by atomic mass is 32.1. The van der Waals surface area contributed by atoms with Crippen molar-refractivity contribution in [2.45, 2.75) is 19.3 Å². The van der Waals surface area contributed by atoms with Crippen LogP contribution in [0.4, 0.5) is 17.6 Å².